The van der Waals surface area contributed by atoms with Crippen LogP contribution in [0.5, 0.6) is 0 Å². The highest BCUT2D eigenvalue weighted by atomic mass is 35.5. The van der Waals surface area contributed by atoms with Crippen LogP contribution in [0.4, 0.5) is 0 Å². The van der Waals surface area contributed by atoms with E-state index in [4.69, 9.17) is 34.8 Å². The summed E-state index contributed by atoms with van der Waals surface area (Å²) in [5, 5.41) is 1.76. The van der Waals surface area contributed by atoms with Crippen LogP contribution in [-0.2, 0) is 7.05 Å². The van der Waals surface area contributed by atoms with Crippen molar-refractivity contribution in [3.63, 3.8) is 0 Å². The van der Waals surface area contributed by atoms with Crippen LogP contribution in [0.3, 0.4) is 0 Å². The maximum atomic E-state index is 13.0. The molecule has 0 unspecified atom stereocenters. The fraction of sp³-hybridized carbons (Fsp3) is 0.269. The summed E-state index contributed by atoms with van der Waals surface area (Å²) >= 11 is 18.8. The monoisotopic (exact) mass is 528 g/mol. The first-order valence-electron chi connectivity index (χ1n) is 11.4. The van der Waals surface area contributed by atoms with Crippen LogP contribution in [-0.4, -0.2) is 32.1 Å². The van der Waals surface area contributed by atoms with Gasteiger partial charge in [-0.25, -0.2) is 4.98 Å². The molecule has 0 amide bonds. The maximum Gasteiger partial charge on any atom is 0.318 e. The Morgan fingerprint density at radius 3 is 2.03 bits per heavy atom. The summed E-state index contributed by atoms with van der Waals surface area (Å²) in [6.07, 6.45) is 2.88. The van der Waals surface area contributed by atoms with Gasteiger partial charge in [0.05, 0.1) is 16.6 Å². The normalized spacial score (nSPS) is 15.2. The first-order chi connectivity index (χ1) is 16.8. The zero-order valence-electron chi connectivity index (χ0n) is 19.0. The molecule has 9 heteroatoms. The molecule has 2 aromatic carbocycles. The third-order valence-corrected chi connectivity index (χ3v) is 7.34. The molecule has 6 nitrogen and oxygen atoms in total. The van der Waals surface area contributed by atoms with Crippen molar-refractivity contribution >= 4 is 46.0 Å². The molecule has 0 N–H and O–H groups in total. The van der Waals surface area contributed by atoms with Gasteiger partial charge < -0.3 is 4.57 Å². The largest absolute Gasteiger partial charge is 0.318 e. The lowest BCUT2D eigenvalue weighted by Gasteiger charge is -2.38. The maximum absolute atomic E-state index is 13.0. The smallest absolute Gasteiger partial charge is 0.304 e. The second-order valence-electron chi connectivity index (χ2n) is 8.82. The molecular weight excluding hydrogens is 507 g/mol. The molecule has 180 valence electrons. The molecule has 1 aliphatic rings. The fourth-order valence-corrected chi connectivity index (χ4v) is 5.56. The van der Waals surface area contributed by atoms with Gasteiger partial charge >= 0.3 is 11.1 Å². The van der Waals surface area contributed by atoms with Gasteiger partial charge in [0.15, 0.2) is 5.65 Å². The van der Waals surface area contributed by atoms with Gasteiger partial charge in [-0.3, -0.25) is 19.1 Å². The first-order valence-corrected chi connectivity index (χ1v) is 12.5. The van der Waals surface area contributed by atoms with E-state index in [0.29, 0.717) is 52.2 Å². The lowest BCUT2D eigenvalue weighted by molar-refractivity contribution is 0.153. The molecule has 4 aromatic rings. The van der Waals surface area contributed by atoms with Crippen molar-refractivity contribution < 1.29 is 0 Å². The van der Waals surface area contributed by atoms with Gasteiger partial charge in [0, 0.05) is 42.4 Å². The van der Waals surface area contributed by atoms with Crippen molar-refractivity contribution in [3.05, 3.63) is 108 Å². The van der Waals surface area contributed by atoms with Gasteiger partial charge in [0.2, 0.25) is 0 Å². The number of fused-ring (bicyclic) bond motifs is 1. The zero-order valence-corrected chi connectivity index (χ0v) is 21.3. The van der Waals surface area contributed by atoms with E-state index in [9.17, 15) is 9.59 Å². The van der Waals surface area contributed by atoms with Gasteiger partial charge in [-0.2, -0.15) is 0 Å². The van der Waals surface area contributed by atoms with Gasteiger partial charge in [-0.15, -0.1) is 0 Å². The average molecular weight is 530 g/mol. The molecule has 5 rings (SSSR count). The summed E-state index contributed by atoms with van der Waals surface area (Å²) in [5.41, 5.74) is 2.02. The minimum Gasteiger partial charge on any atom is -0.304 e. The Hall–Kier alpha value is -2.64. The van der Waals surface area contributed by atoms with Crippen molar-refractivity contribution in [2.45, 2.75) is 24.9 Å². The molecule has 1 saturated heterocycles. The van der Waals surface area contributed by atoms with Crippen LogP contribution < -0.4 is 11.1 Å². The number of pyridine rings is 1. The summed E-state index contributed by atoms with van der Waals surface area (Å²) in [5.74, 6) is 0. The summed E-state index contributed by atoms with van der Waals surface area (Å²) in [7, 11) is 1.57. The van der Waals surface area contributed by atoms with Crippen molar-refractivity contribution in [1.82, 2.24) is 19.0 Å². The van der Waals surface area contributed by atoms with Crippen molar-refractivity contribution in [1.29, 1.82) is 0 Å². The van der Waals surface area contributed by atoms with Crippen molar-refractivity contribution in [2.75, 3.05) is 13.1 Å². The summed E-state index contributed by atoms with van der Waals surface area (Å²) in [6.45, 7) is 1.43. The Bertz CT molecular complexity index is 1480. The van der Waals surface area contributed by atoms with Gasteiger partial charge in [-0.1, -0.05) is 59.1 Å². The molecule has 0 atom stereocenters. The highest BCUT2D eigenvalue weighted by Gasteiger charge is 2.30. The highest BCUT2D eigenvalue weighted by molar-refractivity contribution is 6.31. The third kappa shape index (κ3) is 4.64. The predicted octanol–water partition coefficient (Wildman–Crippen LogP) is 5.48. The number of aromatic nitrogens is 3. The number of likely N-dealkylation sites (tertiary alicyclic amines) is 1. The van der Waals surface area contributed by atoms with E-state index in [1.54, 1.807) is 17.7 Å². The van der Waals surface area contributed by atoms with E-state index in [1.165, 1.54) is 10.8 Å². The van der Waals surface area contributed by atoms with E-state index >= 15 is 0 Å². The first kappa shape index (κ1) is 24.1. The topological polar surface area (TPSA) is 60.1 Å². The predicted molar refractivity (Wildman–Crippen MR) is 141 cm³/mol. The number of hydrogen-bond donors (Lipinski definition) is 0. The Morgan fingerprint density at radius 1 is 0.857 bits per heavy atom. The standard InChI is InChI=1S/C26H23Cl3N4O2/c1-31-22-14-20(29)15-30-24(22)33(26(35)25(31)34)21-8-10-32(11-9-21)23(16-4-2-6-18(27)12-16)17-5-3-7-19(28)13-17/h2-7,12-15,21,23H,8-11H2,1H3. The third-order valence-electron chi connectivity index (χ3n) is 6.67. The average Bonchev–Trinajstić information content (AvgIpc) is 2.84. The van der Waals surface area contributed by atoms with E-state index in [2.05, 4.69) is 22.0 Å². The second-order valence-corrected chi connectivity index (χ2v) is 10.1. The summed E-state index contributed by atoms with van der Waals surface area (Å²) in [4.78, 5) is 32.5. The number of piperidine rings is 1. The van der Waals surface area contributed by atoms with Crippen molar-refractivity contribution in [2.24, 2.45) is 7.05 Å². The Morgan fingerprint density at radius 2 is 1.46 bits per heavy atom. The number of hydrogen-bond acceptors (Lipinski definition) is 4. The molecular formula is C26H23Cl3N4O2. The molecule has 0 bridgehead atoms. The van der Waals surface area contributed by atoms with E-state index in [1.807, 2.05) is 36.4 Å². The van der Waals surface area contributed by atoms with Crippen molar-refractivity contribution in [3.8, 4) is 0 Å². The number of rotatable bonds is 4. The molecule has 35 heavy (non-hydrogen) atoms. The fourth-order valence-electron chi connectivity index (χ4n) is 5.01. The number of benzene rings is 2. The number of nitrogens with zero attached hydrogens (tertiary/aromatic N) is 4. The minimum absolute atomic E-state index is 0.0395. The summed E-state index contributed by atoms with van der Waals surface area (Å²) < 4.78 is 2.87. The minimum atomic E-state index is -0.584. The van der Waals surface area contributed by atoms with Crippen LogP contribution in [0, 0.1) is 0 Å². The lowest BCUT2D eigenvalue weighted by Crippen LogP contribution is -2.45. The van der Waals surface area contributed by atoms with E-state index in [-0.39, 0.29) is 12.1 Å². The molecule has 1 fully saturated rings. The SMILES string of the molecule is Cn1c(=O)c(=O)n(C2CCN(C(c3cccc(Cl)c3)c3cccc(Cl)c3)CC2)c2ncc(Cl)cc21. The Kier molecular flexibility index (Phi) is 6.73. The quantitative estimate of drug-likeness (QED) is 0.328. The number of halogens is 3. The van der Waals surface area contributed by atoms with E-state index < -0.39 is 11.1 Å². The van der Waals surface area contributed by atoms with Gasteiger partial charge in [0.25, 0.3) is 0 Å². The van der Waals surface area contributed by atoms with Crippen LogP contribution in [0.2, 0.25) is 15.1 Å². The molecule has 1 aliphatic heterocycles. The van der Waals surface area contributed by atoms with Gasteiger partial charge in [-0.05, 0) is 54.3 Å². The molecule has 0 spiro atoms. The number of aryl methyl sites for hydroxylation is 1. The van der Waals surface area contributed by atoms with Crippen LogP contribution >= 0.6 is 34.8 Å². The lowest BCUT2D eigenvalue weighted by atomic mass is 9.93. The molecule has 0 radical (unpaired) electrons. The van der Waals surface area contributed by atoms with E-state index in [0.717, 1.165) is 11.1 Å². The molecule has 0 saturated carbocycles. The Balaban J connectivity index is 1.50. The van der Waals surface area contributed by atoms with Crippen LogP contribution in [0.1, 0.15) is 36.1 Å². The van der Waals surface area contributed by atoms with Crippen LogP contribution in [0.25, 0.3) is 11.2 Å². The molecule has 2 aromatic heterocycles. The molecule has 0 aliphatic carbocycles. The van der Waals surface area contributed by atoms with Gasteiger partial charge in [0.1, 0.15) is 0 Å². The van der Waals surface area contributed by atoms with Crippen LogP contribution in [0.15, 0.2) is 70.4 Å². The second kappa shape index (κ2) is 9.78. The zero-order chi connectivity index (χ0) is 24.7. The Labute approximate surface area is 217 Å². The molecule has 3 heterocycles. The highest BCUT2D eigenvalue weighted by Crippen LogP contribution is 2.35. The summed E-state index contributed by atoms with van der Waals surface area (Å²) in [6, 6.07) is 17.2.